The molecule has 0 radical (unpaired) electrons. The molecule has 1 aliphatic heterocycles. The molecule has 0 N–H and O–H groups in total. The Balaban J connectivity index is 2.80. The van der Waals surface area contributed by atoms with Crippen molar-refractivity contribution in [1.82, 2.24) is 0 Å². The lowest BCUT2D eigenvalue weighted by Crippen LogP contribution is -2.40. The Bertz CT molecular complexity index is 210. The van der Waals surface area contributed by atoms with Crippen molar-refractivity contribution >= 4 is 0 Å². The van der Waals surface area contributed by atoms with Gasteiger partial charge in [0.2, 0.25) is 0 Å². The van der Waals surface area contributed by atoms with Gasteiger partial charge in [-0.25, -0.2) is 9.78 Å². The molecule has 1 aliphatic rings. The highest BCUT2D eigenvalue weighted by Gasteiger charge is 2.51. The molecule has 12 heavy (non-hydrogen) atoms. The summed E-state index contributed by atoms with van der Waals surface area (Å²) in [5.41, 5.74) is -0.284. The number of hydrogen-bond donors (Lipinski definition) is 0. The van der Waals surface area contributed by atoms with Gasteiger partial charge in [0, 0.05) is 11.8 Å². The van der Waals surface area contributed by atoms with Crippen LogP contribution in [0.2, 0.25) is 0 Å². The Morgan fingerprint density at radius 3 is 2.25 bits per heavy atom. The SMILES string of the molecule is C#CCC1OOC(C)(C)C1(C)C. The van der Waals surface area contributed by atoms with E-state index < -0.39 is 0 Å². The van der Waals surface area contributed by atoms with Crippen LogP contribution in [0.15, 0.2) is 0 Å². The largest absolute Gasteiger partial charge is 0.231 e. The lowest BCUT2D eigenvalue weighted by atomic mass is 9.73. The lowest BCUT2D eigenvalue weighted by Gasteiger charge is -2.32. The first kappa shape index (κ1) is 9.57. The summed E-state index contributed by atoms with van der Waals surface area (Å²) in [5, 5.41) is 0. The summed E-state index contributed by atoms with van der Waals surface area (Å²) in [6, 6.07) is 0. The monoisotopic (exact) mass is 168 g/mol. The summed E-state index contributed by atoms with van der Waals surface area (Å²) in [5.74, 6) is 2.60. The fraction of sp³-hybridized carbons (Fsp3) is 0.800. The second-order valence-corrected chi connectivity index (χ2v) is 4.31. The van der Waals surface area contributed by atoms with Gasteiger partial charge in [-0.2, -0.15) is 0 Å². The second kappa shape index (κ2) is 2.76. The maximum Gasteiger partial charge on any atom is 0.112 e. The summed E-state index contributed by atoms with van der Waals surface area (Å²) in [7, 11) is 0. The van der Waals surface area contributed by atoms with Gasteiger partial charge in [0.15, 0.2) is 0 Å². The van der Waals surface area contributed by atoms with Crippen LogP contribution in [-0.4, -0.2) is 11.7 Å². The quantitative estimate of drug-likeness (QED) is 0.441. The molecule has 1 rings (SSSR count). The predicted molar refractivity (Wildman–Crippen MR) is 47.3 cm³/mol. The van der Waals surface area contributed by atoms with Gasteiger partial charge in [-0.1, -0.05) is 13.8 Å². The van der Waals surface area contributed by atoms with Crippen molar-refractivity contribution in [2.75, 3.05) is 0 Å². The molecule has 0 aromatic heterocycles. The highest BCUT2D eigenvalue weighted by molar-refractivity contribution is 5.01. The number of hydrogen-bond acceptors (Lipinski definition) is 2. The van der Waals surface area contributed by atoms with Gasteiger partial charge in [-0.3, -0.25) is 0 Å². The fourth-order valence-electron chi connectivity index (χ4n) is 1.19. The van der Waals surface area contributed by atoms with Crippen molar-refractivity contribution in [3.05, 3.63) is 0 Å². The van der Waals surface area contributed by atoms with Crippen LogP contribution in [0.1, 0.15) is 34.1 Å². The van der Waals surface area contributed by atoms with Crippen molar-refractivity contribution in [2.45, 2.75) is 45.8 Å². The standard InChI is InChI=1S/C10H16O2/c1-6-7-8-9(2,3)10(4,5)12-11-8/h1,8H,7H2,2-5H3. The highest BCUT2D eigenvalue weighted by Crippen LogP contribution is 2.45. The minimum Gasteiger partial charge on any atom is -0.231 e. The van der Waals surface area contributed by atoms with Crippen molar-refractivity contribution in [1.29, 1.82) is 0 Å². The first-order chi connectivity index (χ1) is 5.42. The second-order valence-electron chi connectivity index (χ2n) is 4.31. The van der Waals surface area contributed by atoms with E-state index in [0.717, 1.165) is 0 Å². The summed E-state index contributed by atoms with van der Waals surface area (Å²) in [6.07, 6.45) is 5.85. The maximum absolute atomic E-state index is 5.23. The predicted octanol–water partition coefficient (Wildman–Crippen LogP) is 2.14. The summed E-state index contributed by atoms with van der Waals surface area (Å²) >= 11 is 0. The minimum absolute atomic E-state index is 0.0116. The van der Waals surface area contributed by atoms with E-state index in [1.807, 2.05) is 13.8 Å². The zero-order chi connectivity index (χ0) is 9.41. The molecule has 1 atom stereocenters. The van der Waals surface area contributed by atoms with E-state index in [4.69, 9.17) is 16.2 Å². The summed E-state index contributed by atoms with van der Waals surface area (Å²) < 4.78 is 0. The first-order valence-corrected chi connectivity index (χ1v) is 4.20. The normalized spacial score (nSPS) is 31.4. The molecule has 0 aromatic carbocycles. The summed E-state index contributed by atoms with van der Waals surface area (Å²) in [4.78, 5) is 10.4. The molecule has 0 amide bonds. The molecule has 0 saturated carbocycles. The van der Waals surface area contributed by atoms with Gasteiger partial charge in [-0.05, 0) is 13.8 Å². The molecule has 2 heteroatoms. The Labute approximate surface area is 74.2 Å². The molecule has 1 heterocycles. The third-order valence-corrected chi connectivity index (χ3v) is 3.03. The van der Waals surface area contributed by atoms with E-state index in [-0.39, 0.29) is 17.1 Å². The van der Waals surface area contributed by atoms with Gasteiger partial charge in [0.25, 0.3) is 0 Å². The molecule has 1 fully saturated rings. The van der Waals surface area contributed by atoms with E-state index in [0.29, 0.717) is 6.42 Å². The van der Waals surface area contributed by atoms with E-state index in [1.165, 1.54) is 0 Å². The van der Waals surface area contributed by atoms with Crippen LogP contribution in [0.5, 0.6) is 0 Å². The Morgan fingerprint density at radius 2 is 1.92 bits per heavy atom. The molecule has 0 aromatic rings. The minimum atomic E-state index is -0.255. The Kier molecular flexibility index (Phi) is 2.20. The zero-order valence-corrected chi connectivity index (χ0v) is 8.18. The number of rotatable bonds is 1. The van der Waals surface area contributed by atoms with Crippen molar-refractivity contribution in [3.8, 4) is 12.3 Å². The van der Waals surface area contributed by atoms with E-state index in [9.17, 15) is 0 Å². The van der Waals surface area contributed by atoms with Crippen LogP contribution in [0, 0.1) is 17.8 Å². The zero-order valence-electron chi connectivity index (χ0n) is 8.18. The molecule has 1 unspecified atom stereocenters. The van der Waals surface area contributed by atoms with Gasteiger partial charge in [0.1, 0.15) is 11.7 Å². The lowest BCUT2D eigenvalue weighted by molar-refractivity contribution is -0.318. The molecule has 2 nitrogen and oxygen atoms in total. The summed E-state index contributed by atoms with van der Waals surface area (Å²) in [6.45, 7) is 8.26. The van der Waals surface area contributed by atoms with E-state index >= 15 is 0 Å². The molecule has 1 saturated heterocycles. The maximum atomic E-state index is 5.23. The van der Waals surface area contributed by atoms with Crippen LogP contribution < -0.4 is 0 Å². The van der Waals surface area contributed by atoms with Crippen LogP contribution in [0.3, 0.4) is 0 Å². The third kappa shape index (κ3) is 1.24. The van der Waals surface area contributed by atoms with E-state index in [2.05, 4.69) is 19.8 Å². The average Bonchev–Trinajstić information content (AvgIpc) is 2.13. The molecular weight excluding hydrogens is 152 g/mol. The highest BCUT2D eigenvalue weighted by atomic mass is 17.2. The van der Waals surface area contributed by atoms with Crippen molar-refractivity contribution in [3.63, 3.8) is 0 Å². The van der Waals surface area contributed by atoms with Gasteiger partial charge in [-0.15, -0.1) is 12.3 Å². The smallest absolute Gasteiger partial charge is 0.112 e. The Hall–Kier alpha value is -0.520. The van der Waals surface area contributed by atoms with Crippen LogP contribution in [-0.2, 0) is 9.78 Å². The van der Waals surface area contributed by atoms with Crippen LogP contribution in [0.25, 0.3) is 0 Å². The third-order valence-electron chi connectivity index (χ3n) is 3.03. The molecule has 0 aliphatic carbocycles. The average molecular weight is 168 g/mol. The fourth-order valence-corrected chi connectivity index (χ4v) is 1.19. The van der Waals surface area contributed by atoms with Crippen molar-refractivity contribution in [2.24, 2.45) is 5.41 Å². The van der Waals surface area contributed by atoms with Gasteiger partial charge >= 0.3 is 0 Å². The van der Waals surface area contributed by atoms with Crippen LogP contribution >= 0.6 is 0 Å². The van der Waals surface area contributed by atoms with E-state index in [1.54, 1.807) is 0 Å². The Morgan fingerprint density at radius 1 is 1.33 bits per heavy atom. The molecule has 68 valence electrons. The topological polar surface area (TPSA) is 18.5 Å². The van der Waals surface area contributed by atoms with Crippen LogP contribution in [0.4, 0.5) is 0 Å². The van der Waals surface area contributed by atoms with Gasteiger partial charge in [0.05, 0.1) is 0 Å². The number of terminal acetylenes is 1. The van der Waals surface area contributed by atoms with Gasteiger partial charge < -0.3 is 0 Å². The first-order valence-electron chi connectivity index (χ1n) is 4.20. The van der Waals surface area contributed by atoms with Crippen molar-refractivity contribution < 1.29 is 9.78 Å². The molecular formula is C10H16O2. The molecule has 0 bridgehead atoms. The molecule has 0 spiro atoms.